The first-order valence-electron chi connectivity index (χ1n) is 9.35. The lowest BCUT2D eigenvalue weighted by atomic mass is 9.99. The zero-order chi connectivity index (χ0) is 21.1. The third-order valence-corrected chi connectivity index (χ3v) is 6.07. The van der Waals surface area contributed by atoms with Crippen molar-refractivity contribution in [1.82, 2.24) is 10.3 Å². The predicted octanol–water partition coefficient (Wildman–Crippen LogP) is 5.22. The van der Waals surface area contributed by atoms with Crippen LogP contribution in [0.5, 0.6) is 0 Å². The Hall–Kier alpha value is -3.02. The molecule has 0 spiro atoms. The molecular formula is C24H19ClN2O2S. The minimum Gasteiger partial charge on any atom is -0.348 e. The molecule has 0 bridgehead atoms. The fraction of sp³-hybridized carbons (Fsp3) is 0.0833. The van der Waals surface area contributed by atoms with Gasteiger partial charge in [0.05, 0.1) is 0 Å². The summed E-state index contributed by atoms with van der Waals surface area (Å²) >= 11 is 6.01. The van der Waals surface area contributed by atoms with E-state index < -0.39 is 10.8 Å². The monoisotopic (exact) mass is 434 g/mol. The minimum atomic E-state index is -1.01. The normalized spacial score (nSPS) is 11.9. The molecule has 0 aliphatic heterocycles. The fourth-order valence-electron chi connectivity index (χ4n) is 3.25. The van der Waals surface area contributed by atoms with Gasteiger partial charge in [-0.2, -0.15) is 0 Å². The van der Waals surface area contributed by atoms with Gasteiger partial charge >= 0.3 is 0 Å². The van der Waals surface area contributed by atoms with Gasteiger partial charge in [-0.1, -0.05) is 41.9 Å². The summed E-state index contributed by atoms with van der Waals surface area (Å²) in [7, 11) is -1.01. The largest absolute Gasteiger partial charge is 0.348 e. The van der Waals surface area contributed by atoms with Crippen LogP contribution in [0.1, 0.15) is 15.9 Å². The first-order valence-corrected chi connectivity index (χ1v) is 11.3. The topological polar surface area (TPSA) is 59.1 Å². The lowest BCUT2D eigenvalue weighted by Gasteiger charge is -2.10. The molecule has 1 N–H and O–H groups in total. The molecular weight excluding hydrogens is 416 g/mol. The molecule has 1 unspecified atom stereocenters. The summed E-state index contributed by atoms with van der Waals surface area (Å²) in [6.45, 7) is 0.397. The molecule has 1 heterocycles. The van der Waals surface area contributed by atoms with E-state index >= 15 is 0 Å². The van der Waals surface area contributed by atoms with E-state index in [4.69, 9.17) is 11.6 Å². The highest BCUT2D eigenvalue weighted by molar-refractivity contribution is 7.84. The van der Waals surface area contributed by atoms with Crippen LogP contribution in [0.4, 0.5) is 0 Å². The Balaban J connectivity index is 1.58. The first kappa shape index (κ1) is 20.3. The number of nitrogens with one attached hydrogen (secondary N) is 1. The quantitative estimate of drug-likeness (QED) is 0.468. The Morgan fingerprint density at radius 3 is 2.43 bits per heavy atom. The third-order valence-electron chi connectivity index (χ3n) is 4.89. The van der Waals surface area contributed by atoms with E-state index in [1.165, 1.54) is 0 Å². The van der Waals surface area contributed by atoms with Crippen LogP contribution in [-0.4, -0.2) is 21.4 Å². The first-order chi connectivity index (χ1) is 14.5. The van der Waals surface area contributed by atoms with Crippen molar-refractivity contribution in [2.75, 3.05) is 6.26 Å². The van der Waals surface area contributed by atoms with Gasteiger partial charge in [-0.3, -0.25) is 14.0 Å². The van der Waals surface area contributed by atoms with Gasteiger partial charge in [-0.15, -0.1) is 0 Å². The van der Waals surface area contributed by atoms with Gasteiger partial charge in [0, 0.05) is 62.4 Å². The molecule has 30 heavy (non-hydrogen) atoms. The molecule has 6 heteroatoms. The molecule has 0 fully saturated rings. The molecule has 4 rings (SSSR count). The van der Waals surface area contributed by atoms with Gasteiger partial charge in [0.15, 0.2) is 0 Å². The number of nitrogens with zero attached hydrogens (tertiary/aromatic N) is 1. The number of aromatic nitrogens is 1. The number of hydrogen-bond donors (Lipinski definition) is 1. The molecule has 4 aromatic rings. The van der Waals surface area contributed by atoms with E-state index in [0.717, 1.165) is 32.4 Å². The Morgan fingerprint density at radius 1 is 1.00 bits per heavy atom. The van der Waals surface area contributed by atoms with Crippen LogP contribution in [0.25, 0.3) is 21.9 Å². The SMILES string of the molecule is CS(=O)c1ccc(CNC(=O)c2ccc3cncc(-c4ccc(Cl)cc4)c3c2)cc1. The van der Waals surface area contributed by atoms with E-state index in [-0.39, 0.29) is 5.91 Å². The summed E-state index contributed by atoms with van der Waals surface area (Å²) in [5, 5.41) is 5.53. The smallest absolute Gasteiger partial charge is 0.251 e. The van der Waals surface area contributed by atoms with Gasteiger partial charge in [0.25, 0.3) is 5.91 Å². The predicted molar refractivity (Wildman–Crippen MR) is 122 cm³/mol. The average molecular weight is 435 g/mol. The maximum absolute atomic E-state index is 12.7. The van der Waals surface area contributed by atoms with Crippen molar-refractivity contribution in [3.63, 3.8) is 0 Å². The lowest BCUT2D eigenvalue weighted by molar-refractivity contribution is 0.0951. The van der Waals surface area contributed by atoms with E-state index in [0.29, 0.717) is 17.1 Å². The molecule has 0 radical (unpaired) electrons. The summed E-state index contributed by atoms with van der Waals surface area (Å²) in [5.74, 6) is -0.154. The van der Waals surface area contributed by atoms with Crippen molar-refractivity contribution in [2.24, 2.45) is 0 Å². The second-order valence-electron chi connectivity index (χ2n) is 6.91. The van der Waals surface area contributed by atoms with Crippen molar-refractivity contribution < 1.29 is 9.00 Å². The number of pyridine rings is 1. The van der Waals surface area contributed by atoms with Gasteiger partial charge < -0.3 is 5.32 Å². The van der Waals surface area contributed by atoms with Gasteiger partial charge in [-0.25, -0.2) is 0 Å². The Kier molecular flexibility index (Phi) is 5.93. The highest BCUT2D eigenvalue weighted by atomic mass is 35.5. The molecule has 3 aromatic carbocycles. The maximum atomic E-state index is 12.7. The lowest BCUT2D eigenvalue weighted by Crippen LogP contribution is -2.22. The molecule has 150 valence electrons. The van der Waals surface area contributed by atoms with Crippen LogP contribution in [0.2, 0.25) is 5.02 Å². The zero-order valence-electron chi connectivity index (χ0n) is 16.3. The number of benzene rings is 3. The van der Waals surface area contributed by atoms with E-state index in [1.807, 2.05) is 60.7 Å². The Labute approximate surface area is 182 Å². The van der Waals surface area contributed by atoms with Crippen molar-refractivity contribution in [3.8, 4) is 11.1 Å². The Bertz CT molecular complexity index is 1240. The molecule has 1 atom stereocenters. The fourth-order valence-corrected chi connectivity index (χ4v) is 3.89. The summed E-state index contributed by atoms with van der Waals surface area (Å²) in [5.41, 5.74) is 3.46. The zero-order valence-corrected chi connectivity index (χ0v) is 17.8. The van der Waals surface area contributed by atoms with Crippen LogP contribution in [0.3, 0.4) is 0 Å². The average Bonchev–Trinajstić information content (AvgIpc) is 2.77. The summed E-state index contributed by atoms with van der Waals surface area (Å²) in [6, 6.07) is 20.5. The van der Waals surface area contributed by atoms with Gasteiger partial charge in [-0.05, 0) is 52.9 Å². The van der Waals surface area contributed by atoms with Crippen molar-refractivity contribution in [1.29, 1.82) is 0 Å². The van der Waals surface area contributed by atoms with Gasteiger partial charge in [0.1, 0.15) is 0 Å². The second-order valence-corrected chi connectivity index (χ2v) is 8.73. The number of carbonyl (C=O) groups excluding carboxylic acids is 1. The summed E-state index contributed by atoms with van der Waals surface area (Å²) in [6.07, 6.45) is 5.23. The standard InChI is InChI=1S/C24H19ClN2O2S/c1-30(29)21-10-2-16(3-11-21)13-27-24(28)18-4-5-19-14-26-15-23(22(19)12-18)17-6-8-20(25)9-7-17/h2-12,14-15H,13H2,1H3,(H,27,28). The van der Waals surface area contributed by atoms with Crippen LogP contribution in [0, 0.1) is 0 Å². The number of fused-ring (bicyclic) bond motifs is 1. The number of hydrogen-bond acceptors (Lipinski definition) is 3. The van der Waals surface area contributed by atoms with E-state index in [1.54, 1.807) is 24.7 Å². The van der Waals surface area contributed by atoms with Crippen molar-refractivity contribution in [3.05, 3.63) is 95.3 Å². The highest BCUT2D eigenvalue weighted by Gasteiger charge is 2.10. The van der Waals surface area contributed by atoms with Crippen molar-refractivity contribution >= 4 is 39.1 Å². The third kappa shape index (κ3) is 4.42. The molecule has 0 saturated heterocycles. The van der Waals surface area contributed by atoms with Crippen LogP contribution >= 0.6 is 11.6 Å². The van der Waals surface area contributed by atoms with Crippen LogP contribution < -0.4 is 5.32 Å². The molecule has 0 aliphatic rings. The second kappa shape index (κ2) is 8.78. The molecule has 4 nitrogen and oxygen atoms in total. The summed E-state index contributed by atoms with van der Waals surface area (Å²) < 4.78 is 11.5. The maximum Gasteiger partial charge on any atom is 0.251 e. The molecule has 0 aliphatic carbocycles. The number of carbonyl (C=O) groups is 1. The van der Waals surface area contributed by atoms with E-state index in [2.05, 4.69) is 10.3 Å². The van der Waals surface area contributed by atoms with Gasteiger partial charge in [0.2, 0.25) is 0 Å². The van der Waals surface area contributed by atoms with Crippen LogP contribution in [-0.2, 0) is 17.3 Å². The highest BCUT2D eigenvalue weighted by Crippen LogP contribution is 2.29. The number of rotatable bonds is 5. The number of halogens is 1. The summed E-state index contributed by atoms with van der Waals surface area (Å²) in [4.78, 5) is 17.8. The molecule has 1 aromatic heterocycles. The minimum absolute atomic E-state index is 0.154. The van der Waals surface area contributed by atoms with Crippen LogP contribution in [0.15, 0.2) is 84.0 Å². The van der Waals surface area contributed by atoms with E-state index in [9.17, 15) is 9.00 Å². The number of amides is 1. The Morgan fingerprint density at radius 2 is 1.73 bits per heavy atom. The molecule has 1 amide bonds. The molecule has 0 saturated carbocycles. The van der Waals surface area contributed by atoms with Crippen molar-refractivity contribution in [2.45, 2.75) is 11.4 Å².